The summed E-state index contributed by atoms with van der Waals surface area (Å²) in [4.78, 5) is 39.3. The number of amides is 2. The van der Waals surface area contributed by atoms with E-state index in [4.69, 9.17) is 4.74 Å². The third kappa shape index (κ3) is 4.61. The number of carboxylic acids is 1. The first-order chi connectivity index (χ1) is 11.2. The van der Waals surface area contributed by atoms with Crippen LogP contribution in [0, 0.1) is 5.92 Å². The molecule has 1 unspecified atom stereocenters. The molecular formula is C17H28N2O5. The van der Waals surface area contributed by atoms with Crippen molar-refractivity contribution in [1.29, 1.82) is 0 Å². The van der Waals surface area contributed by atoms with Gasteiger partial charge in [0.05, 0.1) is 0 Å². The Morgan fingerprint density at radius 1 is 1.00 bits per heavy atom. The number of aliphatic carboxylic acids is 1. The van der Waals surface area contributed by atoms with Crippen LogP contribution < -0.4 is 0 Å². The fourth-order valence-corrected chi connectivity index (χ4v) is 3.32. The molecule has 24 heavy (non-hydrogen) atoms. The summed E-state index contributed by atoms with van der Waals surface area (Å²) in [6.07, 6.45) is 2.99. The SMILES string of the molecule is CC(C)(C)OC(=O)N1CCC(C(=O)N2CCCCC2C(=O)O)CC1. The van der Waals surface area contributed by atoms with Crippen LogP contribution in [0.1, 0.15) is 52.9 Å². The smallest absolute Gasteiger partial charge is 0.410 e. The molecule has 0 aromatic carbocycles. The first-order valence-corrected chi connectivity index (χ1v) is 8.70. The number of rotatable bonds is 2. The molecule has 0 spiro atoms. The largest absolute Gasteiger partial charge is 0.480 e. The fraction of sp³-hybridized carbons (Fsp3) is 0.824. The van der Waals surface area contributed by atoms with Crippen LogP contribution in [0.5, 0.6) is 0 Å². The first-order valence-electron chi connectivity index (χ1n) is 8.70. The van der Waals surface area contributed by atoms with Crippen molar-refractivity contribution in [2.24, 2.45) is 5.92 Å². The van der Waals surface area contributed by atoms with E-state index < -0.39 is 17.6 Å². The minimum Gasteiger partial charge on any atom is -0.480 e. The molecule has 0 saturated carbocycles. The molecule has 2 fully saturated rings. The number of nitrogens with zero attached hydrogens (tertiary/aromatic N) is 2. The van der Waals surface area contributed by atoms with Gasteiger partial charge in [0.2, 0.25) is 5.91 Å². The number of hydrogen-bond donors (Lipinski definition) is 1. The molecule has 7 nitrogen and oxygen atoms in total. The van der Waals surface area contributed by atoms with E-state index in [-0.39, 0.29) is 17.9 Å². The van der Waals surface area contributed by atoms with Gasteiger partial charge >= 0.3 is 12.1 Å². The zero-order chi connectivity index (χ0) is 17.9. The standard InChI is InChI=1S/C17H28N2O5/c1-17(2,3)24-16(23)18-10-7-12(8-11-18)14(20)19-9-5-4-6-13(19)15(21)22/h12-13H,4-11H2,1-3H3,(H,21,22). The second-order valence-electron chi connectivity index (χ2n) is 7.62. The van der Waals surface area contributed by atoms with Crippen LogP contribution in [0.25, 0.3) is 0 Å². The van der Waals surface area contributed by atoms with Crippen LogP contribution in [-0.2, 0) is 14.3 Å². The van der Waals surface area contributed by atoms with E-state index in [2.05, 4.69) is 0 Å². The van der Waals surface area contributed by atoms with Crippen LogP contribution in [0.15, 0.2) is 0 Å². The van der Waals surface area contributed by atoms with Gasteiger partial charge in [0.25, 0.3) is 0 Å². The van der Waals surface area contributed by atoms with Crippen molar-refractivity contribution in [1.82, 2.24) is 9.80 Å². The van der Waals surface area contributed by atoms with E-state index in [1.54, 1.807) is 4.90 Å². The van der Waals surface area contributed by atoms with Gasteiger partial charge in [-0.25, -0.2) is 9.59 Å². The molecule has 2 heterocycles. The van der Waals surface area contributed by atoms with Gasteiger partial charge in [-0.2, -0.15) is 0 Å². The summed E-state index contributed by atoms with van der Waals surface area (Å²) in [7, 11) is 0. The summed E-state index contributed by atoms with van der Waals surface area (Å²) >= 11 is 0. The summed E-state index contributed by atoms with van der Waals surface area (Å²) in [5, 5.41) is 9.32. The summed E-state index contributed by atoms with van der Waals surface area (Å²) < 4.78 is 5.35. The quantitative estimate of drug-likeness (QED) is 0.832. The second-order valence-corrected chi connectivity index (χ2v) is 7.62. The fourth-order valence-electron chi connectivity index (χ4n) is 3.32. The Bertz CT molecular complexity index is 492. The normalized spacial score (nSPS) is 23.0. The Kier molecular flexibility index (Phi) is 5.72. The van der Waals surface area contributed by atoms with E-state index in [9.17, 15) is 19.5 Å². The van der Waals surface area contributed by atoms with Crippen molar-refractivity contribution in [2.75, 3.05) is 19.6 Å². The van der Waals surface area contributed by atoms with Gasteiger partial charge in [-0.05, 0) is 52.9 Å². The van der Waals surface area contributed by atoms with Gasteiger partial charge in [-0.15, -0.1) is 0 Å². The molecule has 2 amide bonds. The van der Waals surface area contributed by atoms with Gasteiger partial charge < -0.3 is 19.6 Å². The number of carbonyl (C=O) groups is 3. The second kappa shape index (κ2) is 7.40. The minimum absolute atomic E-state index is 0.0778. The minimum atomic E-state index is -0.922. The van der Waals surface area contributed by atoms with Crippen molar-refractivity contribution in [3.05, 3.63) is 0 Å². The molecule has 2 rings (SSSR count). The van der Waals surface area contributed by atoms with E-state index in [1.165, 1.54) is 4.90 Å². The molecule has 0 aromatic rings. The van der Waals surface area contributed by atoms with Crippen LogP contribution >= 0.6 is 0 Å². The third-order valence-corrected chi connectivity index (χ3v) is 4.57. The van der Waals surface area contributed by atoms with Gasteiger partial charge in [-0.3, -0.25) is 4.79 Å². The van der Waals surface area contributed by atoms with Crippen molar-refractivity contribution in [3.8, 4) is 0 Å². The summed E-state index contributed by atoms with van der Waals surface area (Å²) in [6.45, 7) is 6.92. The monoisotopic (exact) mass is 340 g/mol. The van der Waals surface area contributed by atoms with Gasteiger partial charge in [-0.1, -0.05) is 0 Å². The maximum absolute atomic E-state index is 12.7. The zero-order valence-corrected chi connectivity index (χ0v) is 14.8. The number of hydrogen-bond acceptors (Lipinski definition) is 4. The lowest BCUT2D eigenvalue weighted by atomic mass is 9.92. The summed E-state index contributed by atoms with van der Waals surface area (Å²) in [5.41, 5.74) is -0.535. The Morgan fingerprint density at radius 3 is 2.17 bits per heavy atom. The Balaban J connectivity index is 1.90. The molecular weight excluding hydrogens is 312 g/mol. The number of carboxylic acid groups (broad SMARTS) is 1. The van der Waals surface area contributed by atoms with Crippen molar-refractivity contribution in [2.45, 2.75) is 64.5 Å². The van der Waals surface area contributed by atoms with E-state index >= 15 is 0 Å². The average Bonchev–Trinajstić information content (AvgIpc) is 2.52. The lowest BCUT2D eigenvalue weighted by Gasteiger charge is -2.38. The Hall–Kier alpha value is -1.79. The lowest BCUT2D eigenvalue weighted by Crippen LogP contribution is -2.52. The molecule has 2 aliphatic rings. The Morgan fingerprint density at radius 2 is 1.62 bits per heavy atom. The average molecular weight is 340 g/mol. The maximum atomic E-state index is 12.7. The maximum Gasteiger partial charge on any atom is 0.410 e. The van der Waals surface area contributed by atoms with Crippen molar-refractivity contribution in [3.63, 3.8) is 0 Å². The highest BCUT2D eigenvalue weighted by molar-refractivity contribution is 5.85. The Labute approximate surface area is 142 Å². The van der Waals surface area contributed by atoms with Crippen molar-refractivity contribution >= 4 is 18.0 Å². The van der Waals surface area contributed by atoms with Crippen LogP contribution in [0.2, 0.25) is 0 Å². The molecule has 0 aromatic heterocycles. The zero-order valence-electron chi connectivity index (χ0n) is 14.8. The van der Waals surface area contributed by atoms with Gasteiger partial charge in [0.1, 0.15) is 11.6 Å². The highest BCUT2D eigenvalue weighted by Crippen LogP contribution is 2.25. The van der Waals surface area contributed by atoms with Crippen molar-refractivity contribution < 1.29 is 24.2 Å². The molecule has 0 bridgehead atoms. The summed E-state index contributed by atoms with van der Waals surface area (Å²) in [5.74, 6) is -1.20. The highest BCUT2D eigenvalue weighted by atomic mass is 16.6. The molecule has 1 atom stereocenters. The topological polar surface area (TPSA) is 87.2 Å². The molecule has 2 saturated heterocycles. The van der Waals surface area contributed by atoms with Crippen LogP contribution in [0.4, 0.5) is 4.79 Å². The first kappa shape index (κ1) is 18.5. The highest BCUT2D eigenvalue weighted by Gasteiger charge is 2.37. The van der Waals surface area contributed by atoms with Gasteiger partial charge in [0, 0.05) is 25.6 Å². The molecule has 1 N–H and O–H groups in total. The molecule has 7 heteroatoms. The van der Waals surface area contributed by atoms with Gasteiger partial charge in [0.15, 0.2) is 0 Å². The number of likely N-dealkylation sites (tertiary alicyclic amines) is 2. The molecule has 0 aliphatic carbocycles. The summed E-state index contributed by atoms with van der Waals surface area (Å²) in [6, 6.07) is -0.699. The number of carbonyl (C=O) groups excluding carboxylic acids is 2. The number of ether oxygens (including phenoxy) is 1. The van der Waals surface area contributed by atoms with E-state index in [0.717, 1.165) is 12.8 Å². The number of piperidine rings is 2. The molecule has 136 valence electrons. The molecule has 0 radical (unpaired) electrons. The predicted octanol–water partition coefficient (Wildman–Crippen LogP) is 2.10. The van der Waals surface area contributed by atoms with Crippen LogP contribution in [-0.4, -0.2) is 64.2 Å². The predicted molar refractivity (Wildman–Crippen MR) is 87.5 cm³/mol. The third-order valence-electron chi connectivity index (χ3n) is 4.57. The van der Waals surface area contributed by atoms with E-state index in [0.29, 0.717) is 38.9 Å². The molecule has 2 aliphatic heterocycles. The van der Waals surface area contributed by atoms with Crippen LogP contribution in [0.3, 0.4) is 0 Å². The van der Waals surface area contributed by atoms with E-state index in [1.807, 2.05) is 20.8 Å². The lowest BCUT2D eigenvalue weighted by molar-refractivity contribution is -0.154.